The van der Waals surface area contributed by atoms with Crippen LogP contribution in [0.3, 0.4) is 0 Å². The molecule has 6 heteroatoms. The van der Waals surface area contributed by atoms with Crippen molar-refractivity contribution >= 4 is 23.5 Å². The highest BCUT2D eigenvalue weighted by Crippen LogP contribution is 2.31. The first-order valence-electron chi connectivity index (χ1n) is 6.75. The Labute approximate surface area is 131 Å². The number of halogens is 3. The third kappa shape index (κ3) is 4.12. The van der Waals surface area contributed by atoms with Crippen molar-refractivity contribution in [2.75, 3.05) is 10.6 Å². The number of nitrogens with one attached hydrogen (secondary N) is 2. The minimum Gasteiger partial charge on any atom is -0.355 e. The molecule has 0 atom stereocenters. The maximum Gasteiger partial charge on any atom is 0.416 e. The van der Waals surface area contributed by atoms with Gasteiger partial charge in [-0.1, -0.05) is 24.8 Å². The first-order valence-corrected chi connectivity index (χ1v) is 6.75. The van der Waals surface area contributed by atoms with Gasteiger partial charge in [0.25, 0.3) is 0 Å². The van der Waals surface area contributed by atoms with Crippen LogP contribution in [0, 0.1) is 6.92 Å². The summed E-state index contributed by atoms with van der Waals surface area (Å²) in [5.41, 5.74) is 2.03. The fraction of sp³-hybridized carbons (Fsp3) is 0.118. The van der Waals surface area contributed by atoms with Crippen LogP contribution in [0.2, 0.25) is 0 Å². The zero-order valence-electron chi connectivity index (χ0n) is 12.4. The number of hydrogen-bond acceptors (Lipinski definition) is 2. The van der Waals surface area contributed by atoms with Gasteiger partial charge in [-0.25, -0.2) is 0 Å². The number of carbonyl (C=O) groups is 1. The van der Waals surface area contributed by atoms with Crippen LogP contribution in [0.15, 0.2) is 49.0 Å². The zero-order chi connectivity index (χ0) is 17.0. The van der Waals surface area contributed by atoms with Crippen LogP contribution in [0.5, 0.6) is 0 Å². The average molecular weight is 320 g/mol. The standard InChI is InChI=1S/C17H15F3N2O/c1-11-6-7-15(9-16(11)21-10-23)22-12(2)13-4-3-5-14(8-13)17(18,19)20/h3-10,22H,2H2,1H3,(H,21,23). The van der Waals surface area contributed by atoms with Gasteiger partial charge in [0.05, 0.1) is 5.56 Å². The molecule has 2 N–H and O–H groups in total. The van der Waals surface area contributed by atoms with E-state index in [0.29, 0.717) is 29.0 Å². The first kappa shape index (κ1) is 16.6. The molecule has 0 aromatic heterocycles. The summed E-state index contributed by atoms with van der Waals surface area (Å²) >= 11 is 0. The number of benzene rings is 2. The van der Waals surface area contributed by atoms with E-state index >= 15 is 0 Å². The molecule has 0 bridgehead atoms. The molecular formula is C17H15F3N2O. The van der Waals surface area contributed by atoms with Crippen LogP contribution in [0.4, 0.5) is 24.5 Å². The Kier molecular flexibility index (Phi) is 4.74. The molecule has 1 amide bonds. The van der Waals surface area contributed by atoms with E-state index in [9.17, 15) is 18.0 Å². The molecule has 2 aromatic rings. The van der Waals surface area contributed by atoms with Crippen LogP contribution < -0.4 is 10.6 Å². The van der Waals surface area contributed by atoms with E-state index in [4.69, 9.17) is 0 Å². The fourth-order valence-electron chi connectivity index (χ4n) is 2.05. The van der Waals surface area contributed by atoms with Crippen LogP contribution >= 0.6 is 0 Å². The Balaban J connectivity index is 2.22. The molecule has 0 aliphatic heterocycles. The molecule has 0 spiro atoms. The van der Waals surface area contributed by atoms with Gasteiger partial charge in [-0.15, -0.1) is 0 Å². The topological polar surface area (TPSA) is 41.1 Å². The van der Waals surface area contributed by atoms with Gasteiger partial charge < -0.3 is 10.6 Å². The molecule has 120 valence electrons. The molecule has 0 unspecified atom stereocenters. The third-order valence-corrected chi connectivity index (χ3v) is 3.29. The SMILES string of the molecule is C=C(Nc1ccc(C)c(NC=O)c1)c1cccc(C(F)(F)F)c1. The summed E-state index contributed by atoms with van der Waals surface area (Å²) in [6, 6.07) is 10.1. The predicted octanol–water partition coefficient (Wildman–Crippen LogP) is 4.66. The number of anilines is 2. The number of carbonyl (C=O) groups excluding carboxylic acids is 1. The van der Waals surface area contributed by atoms with Crippen molar-refractivity contribution in [1.82, 2.24) is 0 Å². The first-order chi connectivity index (χ1) is 10.8. The molecule has 2 aromatic carbocycles. The lowest BCUT2D eigenvalue weighted by atomic mass is 10.1. The number of rotatable bonds is 5. The lowest BCUT2D eigenvalue weighted by Crippen LogP contribution is -2.06. The van der Waals surface area contributed by atoms with Gasteiger partial charge in [0.2, 0.25) is 6.41 Å². The highest BCUT2D eigenvalue weighted by molar-refractivity contribution is 5.80. The van der Waals surface area contributed by atoms with Crippen LogP contribution in [-0.2, 0) is 11.0 Å². The van der Waals surface area contributed by atoms with Crippen molar-refractivity contribution in [3.63, 3.8) is 0 Å². The van der Waals surface area contributed by atoms with Gasteiger partial charge >= 0.3 is 6.18 Å². The zero-order valence-corrected chi connectivity index (χ0v) is 12.4. The van der Waals surface area contributed by atoms with Crippen LogP contribution in [0.25, 0.3) is 5.70 Å². The summed E-state index contributed by atoms with van der Waals surface area (Å²) in [6.45, 7) is 5.60. The van der Waals surface area contributed by atoms with Gasteiger partial charge in [0.1, 0.15) is 0 Å². The van der Waals surface area contributed by atoms with Crippen molar-refractivity contribution in [3.05, 3.63) is 65.7 Å². The van der Waals surface area contributed by atoms with E-state index in [1.807, 2.05) is 6.92 Å². The number of amides is 1. The van der Waals surface area contributed by atoms with Crippen molar-refractivity contribution in [1.29, 1.82) is 0 Å². The Hall–Kier alpha value is -2.76. The molecule has 0 radical (unpaired) electrons. The minimum absolute atomic E-state index is 0.331. The van der Waals surface area contributed by atoms with Crippen LogP contribution in [-0.4, -0.2) is 6.41 Å². The third-order valence-electron chi connectivity index (χ3n) is 3.29. The molecule has 0 saturated carbocycles. The molecule has 0 heterocycles. The number of aryl methyl sites for hydroxylation is 1. The number of alkyl halides is 3. The molecule has 0 aliphatic rings. The Bertz CT molecular complexity index is 739. The maximum atomic E-state index is 12.7. The van der Waals surface area contributed by atoms with Crippen molar-refractivity contribution in [2.45, 2.75) is 13.1 Å². The van der Waals surface area contributed by atoms with Crippen molar-refractivity contribution < 1.29 is 18.0 Å². The second-order valence-electron chi connectivity index (χ2n) is 4.97. The molecule has 23 heavy (non-hydrogen) atoms. The summed E-state index contributed by atoms with van der Waals surface area (Å²) in [7, 11) is 0. The smallest absolute Gasteiger partial charge is 0.355 e. The number of hydrogen-bond donors (Lipinski definition) is 2. The highest BCUT2D eigenvalue weighted by Gasteiger charge is 2.30. The lowest BCUT2D eigenvalue weighted by Gasteiger charge is -2.14. The largest absolute Gasteiger partial charge is 0.416 e. The van der Waals surface area contributed by atoms with Gasteiger partial charge in [-0.05, 0) is 42.3 Å². The van der Waals surface area contributed by atoms with E-state index in [-0.39, 0.29) is 0 Å². The average Bonchev–Trinajstić information content (AvgIpc) is 2.50. The van der Waals surface area contributed by atoms with E-state index < -0.39 is 11.7 Å². The van der Waals surface area contributed by atoms with Gasteiger partial charge in [0, 0.05) is 17.1 Å². The van der Waals surface area contributed by atoms with Gasteiger partial charge in [-0.2, -0.15) is 13.2 Å². The second-order valence-corrected chi connectivity index (χ2v) is 4.97. The van der Waals surface area contributed by atoms with Crippen molar-refractivity contribution in [2.24, 2.45) is 0 Å². The van der Waals surface area contributed by atoms with E-state index in [1.54, 1.807) is 24.3 Å². The summed E-state index contributed by atoms with van der Waals surface area (Å²) in [6.07, 6.45) is -3.84. The molecule has 0 saturated heterocycles. The quantitative estimate of drug-likeness (QED) is 0.786. The Morgan fingerprint density at radius 2 is 1.91 bits per heavy atom. The van der Waals surface area contributed by atoms with Crippen LogP contribution in [0.1, 0.15) is 16.7 Å². The summed E-state index contributed by atoms with van der Waals surface area (Å²) < 4.78 is 38.2. The Morgan fingerprint density at radius 3 is 2.57 bits per heavy atom. The van der Waals surface area contributed by atoms with E-state index in [0.717, 1.165) is 17.7 Å². The molecule has 0 aliphatic carbocycles. The molecule has 0 fully saturated rings. The fourth-order valence-corrected chi connectivity index (χ4v) is 2.05. The van der Waals surface area contributed by atoms with Gasteiger partial charge in [-0.3, -0.25) is 4.79 Å². The maximum absolute atomic E-state index is 12.7. The lowest BCUT2D eigenvalue weighted by molar-refractivity contribution is -0.137. The molecule has 3 nitrogen and oxygen atoms in total. The predicted molar refractivity (Wildman–Crippen MR) is 85.0 cm³/mol. The van der Waals surface area contributed by atoms with Crippen molar-refractivity contribution in [3.8, 4) is 0 Å². The normalized spacial score (nSPS) is 11.0. The summed E-state index contributed by atoms with van der Waals surface area (Å²) in [5.74, 6) is 0. The van der Waals surface area contributed by atoms with E-state index in [1.165, 1.54) is 6.07 Å². The summed E-state index contributed by atoms with van der Waals surface area (Å²) in [4.78, 5) is 10.6. The highest BCUT2D eigenvalue weighted by atomic mass is 19.4. The monoisotopic (exact) mass is 320 g/mol. The molecule has 2 rings (SSSR count). The van der Waals surface area contributed by atoms with Gasteiger partial charge in [0.15, 0.2) is 0 Å². The minimum atomic E-state index is -4.40. The second kappa shape index (κ2) is 6.56. The Morgan fingerprint density at radius 1 is 1.17 bits per heavy atom. The summed E-state index contributed by atoms with van der Waals surface area (Å²) in [5, 5.41) is 5.50. The van der Waals surface area contributed by atoms with E-state index in [2.05, 4.69) is 17.2 Å². The molecular weight excluding hydrogens is 305 g/mol.